The molecule has 1 saturated carbocycles. The van der Waals surface area contributed by atoms with Gasteiger partial charge in [0.05, 0.1) is 36.9 Å². The zero-order valence-corrected chi connectivity index (χ0v) is 24.7. The van der Waals surface area contributed by atoms with Crippen molar-refractivity contribution in [2.24, 2.45) is 0 Å². The first-order valence-corrected chi connectivity index (χ1v) is 17.4. The Morgan fingerprint density at radius 1 is 1.05 bits per heavy atom. The first kappa shape index (κ1) is 27.3. The lowest BCUT2D eigenvalue weighted by Gasteiger charge is -2.57. The summed E-state index contributed by atoms with van der Waals surface area (Å²) in [6.45, 7) is 12.0. The van der Waals surface area contributed by atoms with Crippen LogP contribution in [0.3, 0.4) is 0 Å². The van der Waals surface area contributed by atoms with Crippen molar-refractivity contribution in [3.63, 3.8) is 0 Å². The second-order valence-electron chi connectivity index (χ2n) is 12.5. The number of amides is 2. The van der Waals surface area contributed by atoms with Crippen molar-refractivity contribution in [3.8, 4) is 0 Å². The molecule has 0 bridgehead atoms. The van der Waals surface area contributed by atoms with Crippen LogP contribution < -0.4 is 5.32 Å². The molecule has 7 nitrogen and oxygen atoms in total. The zero-order chi connectivity index (χ0) is 27.8. The second kappa shape index (κ2) is 10.4. The summed E-state index contributed by atoms with van der Waals surface area (Å²) in [6, 6.07) is 19.8. The molecule has 1 aliphatic heterocycles. The number of benzene rings is 2. The highest BCUT2D eigenvalue weighted by atomic mass is 28.3. The van der Waals surface area contributed by atoms with Crippen LogP contribution in [0.2, 0.25) is 24.7 Å². The first-order chi connectivity index (χ1) is 18.5. The minimum atomic E-state index is -1.72. The molecule has 2 amide bonds. The Morgan fingerprint density at radius 3 is 2.28 bits per heavy atom. The highest BCUT2D eigenvalue weighted by molar-refractivity contribution is 6.83. The molecule has 0 saturated heterocycles. The van der Waals surface area contributed by atoms with E-state index in [-0.39, 0.29) is 23.5 Å². The number of carbonyl (C=O) groups excluding carboxylic acids is 2. The Bertz CT molecular complexity index is 1330. The van der Waals surface area contributed by atoms with Gasteiger partial charge in [-0.05, 0) is 25.0 Å². The fourth-order valence-corrected chi connectivity index (χ4v) is 8.70. The quantitative estimate of drug-likeness (QED) is 0.315. The van der Waals surface area contributed by atoms with Gasteiger partial charge in [-0.2, -0.15) is 24.7 Å². The van der Waals surface area contributed by atoms with Crippen molar-refractivity contribution in [3.05, 3.63) is 83.0 Å². The fourth-order valence-electron chi connectivity index (χ4n) is 6.10. The lowest BCUT2D eigenvalue weighted by molar-refractivity contribution is -0.140. The van der Waals surface area contributed by atoms with Crippen molar-refractivity contribution >= 4 is 25.7 Å². The van der Waals surface area contributed by atoms with Crippen LogP contribution in [0.1, 0.15) is 61.4 Å². The second-order valence-corrected chi connectivity index (χ2v) is 18.0. The van der Waals surface area contributed by atoms with Crippen LogP contribution in [-0.2, 0) is 33.0 Å². The van der Waals surface area contributed by atoms with E-state index in [9.17, 15) is 9.59 Å². The fraction of sp³-hybridized carbons (Fsp3) is 0.452. The van der Waals surface area contributed by atoms with Gasteiger partial charge in [-0.1, -0.05) is 85.0 Å². The largest absolute Gasteiger partial charge is 0.376 e. The maximum atomic E-state index is 14.2. The molecule has 0 spiro atoms. The summed E-state index contributed by atoms with van der Waals surface area (Å²) in [6.07, 6.45) is 2.98. The normalized spacial score (nSPS) is 18.2. The average molecular weight is 545 g/mol. The predicted molar refractivity (Wildman–Crippen MR) is 156 cm³/mol. The van der Waals surface area contributed by atoms with E-state index in [1.165, 1.54) is 0 Å². The summed E-state index contributed by atoms with van der Waals surface area (Å²) in [7, 11) is -1.72. The molecule has 2 aromatic carbocycles. The molecular formula is C31H40N4O3Si-. The summed E-state index contributed by atoms with van der Waals surface area (Å²) >= 11 is 0. The van der Waals surface area contributed by atoms with Crippen LogP contribution >= 0.6 is 0 Å². The third kappa shape index (κ3) is 4.96. The summed E-state index contributed by atoms with van der Waals surface area (Å²) in [5.41, 5.74) is 3.15. The molecular weight excluding hydrogens is 504 g/mol. The predicted octanol–water partition coefficient (Wildman–Crippen LogP) is 6.19. The summed E-state index contributed by atoms with van der Waals surface area (Å²) < 4.78 is 6.09. The maximum Gasteiger partial charge on any atom is 0.233 e. The Kier molecular flexibility index (Phi) is 7.28. The molecule has 3 aromatic rings. The Labute approximate surface area is 232 Å². The number of fused-ring (bicyclic) bond motifs is 1. The molecule has 2 heterocycles. The number of hydrogen-bond acceptors (Lipinski definition) is 4. The van der Waals surface area contributed by atoms with Gasteiger partial charge in [0.25, 0.3) is 0 Å². The lowest BCUT2D eigenvalue weighted by atomic mass is 9.83. The highest BCUT2D eigenvalue weighted by Crippen LogP contribution is 2.56. The van der Waals surface area contributed by atoms with Crippen molar-refractivity contribution in [1.29, 1.82) is 0 Å². The maximum absolute atomic E-state index is 14.2. The number of H-pyrrole nitrogens is 1. The smallest absolute Gasteiger partial charge is 0.233 e. The lowest BCUT2D eigenvalue weighted by Crippen LogP contribution is -2.52. The molecule has 207 valence electrons. The van der Waals surface area contributed by atoms with Crippen molar-refractivity contribution in [2.75, 3.05) is 11.9 Å². The van der Waals surface area contributed by atoms with Crippen LogP contribution in [0.5, 0.6) is 0 Å². The number of nitrogens with one attached hydrogen (secondary N) is 2. The van der Waals surface area contributed by atoms with Crippen LogP contribution in [0.15, 0.2) is 60.7 Å². The molecule has 0 radical (unpaired) electrons. The first-order valence-electron chi connectivity index (χ1n) is 13.9. The molecule has 1 aliphatic carbocycles. The van der Waals surface area contributed by atoms with Crippen molar-refractivity contribution in [2.45, 2.75) is 82.4 Å². The summed E-state index contributed by atoms with van der Waals surface area (Å²) in [5, 5.41) is 10.6. The summed E-state index contributed by atoms with van der Waals surface area (Å²) in [5.74, 6) is 0.189. The Hall–Kier alpha value is -3.23. The van der Waals surface area contributed by atoms with E-state index in [0.29, 0.717) is 19.0 Å². The van der Waals surface area contributed by atoms with Gasteiger partial charge in [-0.15, -0.1) is 8.07 Å². The number of ether oxygens (including phenoxy) is 1. The third-order valence-corrected chi connectivity index (χ3v) is 12.5. The van der Waals surface area contributed by atoms with Crippen molar-refractivity contribution in [1.82, 2.24) is 15.1 Å². The Balaban J connectivity index is 1.36. The third-order valence-electron chi connectivity index (χ3n) is 8.94. The van der Waals surface area contributed by atoms with Gasteiger partial charge in [0.1, 0.15) is 0 Å². The average Bonchev–Trinajstić information content (AvgIpc) is 3.38. The van der Waals surface area contributed by atoms with Crippen LogP contribution in [-0.4, -0.2) is 41.6 Å². The molecule has 0 unspecified atom stereocenters. The van der Waals surface area contributed by atoms with E-state index < -0.39 is 19.5 Å². The number of carbonyl (C=O) groups is 2. The number of hydrogen-bond donors (Lipinski definition) is 2. The van der Waals surface area contributed by atoms with Gasteiger partial charge < -0.3 is 15.0 Å². The van der Waals surface area contributed by atoms with Crippen molar-refractivity contribution < 1.29 is 14.3 Å². The molecule has 1 atom stereocenters. The van der Waals surface area contributed by atoms with Gasteiger partial charge in [0.15, 0.2) is 5.82 Å². The summed E-state index contributed by atoms with van der Waals surface area (Å²) in [4.78, 5) is 29.6. The minimum Gasteiger partial charge on any atom is -0.376 e. The van der Waals surface area contributed by atoms with Gasteiger partial charge in [0.2, 0.25) is 11.8 Å². The minimum absolute atomic E-state index is 0.00120. The topological polar surface area (TPSA) is 87.3 Å². The molecule has 2 aliphatic rings. The van der Waals surface area contributed by atoms with E-state index in [1.54, 1.807) is 0 Å². The zero-order valence-electron chi connectivity index (χ0n) is 23.7. The van der Waals surface area contributed by atoms with E-state index >= 15 is 0 Å². The van der Waals surface area contributed by atoms with E-state index in [4.69, 9.17) is 4.74 Å². The van der Waals surface area contributed by atoms with E-state index in [1.807, 2.05) is 79.4 Å². The molecule has 39 heavy (non-hydrogen) atoms. The van der Waals surface area contributed by atoms with E-state index in [0.717, 1.165) is 41.6 Å². The SMILES string of the molecule is CC1(C)c2[nH]nc(NC(=O)C3([Si-](C)(C)C)CCC3)c2CN1C(=O)[C@H](COCc1ccccc1)c1ccccc1. The molecule has 8 heteroatoms. The van der Waals surface area contributed by atoms with Crippen LogP contribution in [0.4, 0.5) is 5.82 Å². The Morgan fingerprint density at radius 2 is 1.69 bits per heavy atom. The molecule has 1 aromatic heterocycles. The van der Waals surface area contributed by atoms with Crippen LogP contribution in [0.25, 0.3) is 0 Å². The molecule has 2 N–H and O–H groups in total. The van der Waals surface area contributed by atoms with Gasteiger partial charge in [0, 0.05) is 5.56 Å². The molecule has 5 rings (SSSR count). The monoisotopic (exact) mass is 544 g/mol. The number of aromatic nitrogens is 2. The van der Waals surface area contributed by atoms with Gasteiger partial charge in [-0.3, -0.25) is 14.7 Å². The molecule has 1 fully saturated rings. The van der Waals surface area contributed by atoms with E-state index in [2.05, 4.69) is 35.2 Å². The number of aromatic amines is 1. The van der Waals surface area contributed by atoms with Crippen LogP contribution in [0, 0.1) is 0 Å². The van der Waals surface area contributed by atoms with Gasteiger partial charge in [-0.25, -0.2) is 0 Å². The number of anilines is 1. The highest BCUT2D eigenvalue weighted by Gasteiger charge is 2.48. The number of nitrogens with zero attached hydrogens (tertiary/aromatic N) is 2. The standard InChI is InChI=1S/C31H40N4O3Si/c1-30(2)26-24(27(34-33-26)32-29(37)31(17-12-18-31)39(3,4)5)19-35(30)28(36)25(23-15-10-7-11-16-23)21-38-20-22-13-8-6-9-14-22/h6-11,13-16,25H,12,17-21H2,1-5H3,(H2,32,33,34,37)/q-1/t25-/m1/s1. The van der Waals surface area contributed by atoms with Gasteiger partial charge >= 0.3 is 0 Å². The number of rotatable bonds is 9.